The van der Waals surface area contributed by atoms with E-state index in [0.29, 0.717) is 0 Å². The predicted molar refractivity (Wildman–Crippen MR) is 76.4 cm³/mol. The van der Waals surface area contributed by atoms with Crippen molar-refractivity contribution in [3.63, 3.8) is 0 Å². The van der Waals surface area contributed by atoms with Crippen LogP contribution in [0.2, 0.25) is 0 Å². The van der Waals surface area contributed by atoms with Crippen molar-refractivity contribution in [2.24, 2.45) is 5.10 Å². The molecule has 0 saturated carbocycles. The minimum Gasteiger partial charge on any atom is -0.999 e. The van der Waals surface area contributed by atoms with Crippen LogP contribution in [-0.2, 0) is 21.8 Å². The van der Waals surface area contributed by atoms with Gasteiger partial charge >= 0.3 is 6.09 Å². The average Bonchev–Trinajstić information content (AvgIpc) is 3.02. The molecule has 0 aliphatic heterocycles. The summed E-state index contributed by atoms with van der Waals surface area (Å²) < 4.78 is 4.99. The van der Waals surface area contributed by atoms with Crippen LogP contribution in [0.5, 0.6) is 0 Å². The summed E-state index contributed by atoms with van der Waals surface area (Å²) in [7, 11) is 0. The van der Waals surface area contributed by atoms with Gasteiger partial charge in [0, 0.05) is 17.1 Å². The fraction of sp³-hybridized carbons (Fsp3) is 0.250. The van der Waals surface area contributed by atoms with Crippen molar-refractivity contribution in [1.82, 2.24) is 5.43 Å². The van der Waals surface area contributed by atoms with Gasteiger partial charge < -0.3 is 35.1 Å². The number of rotatable bonds is 2. The maximum Gasteiger partial charge on any atom is 0.428 e. The number of carbonyl (C=O) groups excluding carboxylic acids is 1. The maximum atomic E-state index is 11.1. The van der Waals surface area contributed by atoms with E-state index in [1.807, 2.05) is 24.3 Å². The summed E-state index contributed by atoms with van der Waals surface area (Å²) in [4.78, 5) is 11.1. The van der Waals surface area contributed by atoms with E-state index in [1.54, 1.807) is 33.1 Å². The zero-order chi connectivity index (χ0) is 14.8. The molecule has 2 aromatic carbocycles. The number of hydrogen-bond acceptors (Lipinski definition) is 3. The summed E-state index contributed by atoms with van der Waals surface area (Å²) in [5.41, 5.74) is 2.72. The molecular weight excluding hydrogens is 308 g/mol. The third kappa shape index (κ3) is 10.6. The van der Waals surface area contributed by atoms with Crippen LogP contribution in [0, 0.1) is 24.3 Å². The van der Waals surface area contributed by atoms with Crippen molar-refractivity contribution in [3.05, 3.63) is 60.2 Å². The molecule has 1 N–H and O–H groups in total. The smallest absolute Gasteiger partial charge is 0.428 e. The molecule has 1 amide bonds. The molecule has 0 spiro atoms. The van der Waals surface area contributed by atoms with E-state index in [1.165, 1.54) is 0 Å². The SMILES string of the molecule is CC(C)(C)OC(=O)NN=C[c-]1cccc1.[Fe].[c-]1[c-][c-][cH-][c-]1. The first-order valence-electron chi connectivity index (χ1n) is 6.04. The first-order chi connectivity index (χ1) is 9.47. The molecule has 0 aromatic heterocycles. The number of carbonyl (C=O) groups is 1. The van der Waals surface area contributed by atoms with Gasteiger partial charge in [-0.3, -0.25) is 0 Å². The summed E-state index contributed by atoms with van der Waals surface area (Å²) in [5.74, 6) is 0. The summed E-state index contributed by atoms with van der Waals surface area (Å²) in [6.07, 6.45) is 1.01. The van der Waals surface area contributed by atoms with Crippen LogP contribution in [0.3, 0.4) is 0 Å². The van der Waals surface area contributed by atoms with E-state index in [9.17, 15) is 4.79 Å². The monoisotopic (exact) mass is 324 g/mol. The number of amides is 1. The van der Waals surface area contributed by atoms with Gasteiger partial charge in [0.05, 0.1) is 0 Å². The van der Waals surface area contributed by atoms with Crippen molar-refractivity contribution in [1.29, 1.82) is 0 Å². The molecule has 0 bridgehead atoms. The Kier molecular flexibility index (Phi) is 9.10. The summed E-state index contributed by atoms with van der Waals surface area (Å²) in [5, 5.41) is 3.75. The van der Waals surface area contributed by atoms with E-state index in [-0.39, 0.29) is 17.1 Å². The van der Waals surface area contributed by atoms with Gasteiger partial charge in [-0.25, -0.2) is 22.4 Å². The fourth-order valence-electron chi connectivity index (χ4n) is 1.12. The van der Waals surface area contributed by atoms with Crippen LogP contribution < -0.4 is 5.43 Å². The Balaban J connectivity index is 0.000000562. The Bertz CT molecular complexity index is 480. The minimum atomic E-state index is -0.551. The largest absolute Gasteiger partial charge is 0.999 e. The number of hydrazone groups is 1. The van der Waals surface area contributed by atoms with Crippen molar-refractivity contribution in [2.45, 2.75) is 26.4 Å². The molecule has 2 aromatic rings. The van der Waals surface area contributed by atoms with Crippen LogP contribution in [0.1, 0.15) is 26.3 Å². The van der Waals surface area contributed by atoms with Crippen LogP contribution in [0.25, 0.3) is 0 Å². The molecule has 2 rings (SSSR count). The zero-order valence-electron chi connectivity index (χ0n) is 12.1. The van der Waals surface area contributed by atoms with Crippen LogP contribution in [0.15, 0.2) is 35.4 Å². The molecule has 5 heteroatoms. The quantitative estimate of drug-likeness (QED) is 0.400. The molecule has 0 radical (unpaired) electrons. The van der Waals surface area contributed by atoms with Gasteiger partial charge in [0.15, 0.2) is 0 Å². The molecule has 0 fully saturated rings. The second-order valence-electron chi connectivity index (χ2n) is 4.77. The first-order valence-corrected chi connectivity index (χ1v) is 6.04. The third-order valence-corrected chi connectivity index (χ3v) is 1.81. The number of hydrogen-bond donors (Lipinski definition) is 1. The molecule has 0 aliphatic carbocycles. The van der Waals surface area contributed by atoms with Gasteiger partial charge in [0.2, 0.25) is 0 Å². The molecule has 0 unspecified atom stereocenters. The molecular formula is C16H16FeN2O2-6. The number of nitrogens with zero attached hydrogens (tertiary/aromatic N) is 1. The molecule has 21 heavy (non-hydrogen) atoms. The van der Waals surface area contributed by atoms with Crippen LogP contribution in [-0.4, -0.2) is 17.9 Å². The zero-order valence-corrected chi connectivity index (χ0v) is 13.2. The Hall–Kier alpha value is -1.84. The molecule has 0 atom stereocenters. The van der Waals surface area contributed by atoms with E-state index in [2.05, 4.69) is 34.8 Å². The minimum absolute atomic E-state index is 0. The van der Waals surface area contributed by atoms with Crippen molar-refractivity contribution in [2.75, 3.05) is 0 Å². The molecule has 0 aliphatic rings. The second kappa shape index (κ2) is 9.97. The molecule has 116 valence electrons. The molecule has 0 heterocycles. The van der Waals surface area contributed by atoms with Crippen molar-refractivity contribution in [3.8, 4) is 0 Å². The van der Waals surface area contributed by atoms with E-state index in [4.69, 9.17) is 4.74 Å². The van der Waals surface area contributed by atoms with Crippen LogP contribution >= 0.6 is 0 Å². The van der Waals surface area contributed by atoms with Crippen molar-refractivity contribution >= 4 is 12.3 Å². The number of nitrogens with one attached hydrogen (secondary N) is 1. The summed E-state index contributed by atoms with van der Waals surface area (Å²) in [6.45, 7) is 5.40. The van der Waals surface area contributed by atoms with Gasteiger partial charge in [-0.15, -0.1) is 5.56 Å². The Morgan fingerprint density at radius 3 is 2.29 bits per heavy atom. The molecule has 0 saturated heterocycles. The van der Waals surface area contributed by atoms with E-state index < -0.39 is 11.7 Å². The van der Waals surface area contributed by atoms with Gasteiger partial charge in [0.25, 0.3) is 0 Å². The Morgan fingerprint density at radius 2 is 1.86 bits per heavy atom. The summed E-state index contributed by atoms with van der Waals surface area (Å²) >= 11 is 0. The van der Waals surface area contributed by atoms with Crippen molar-refractivity contribution < 1.29 is 26.6 Å². The Labute approximate surface area is 136 Å². The third-order valence-electron chi connectivity index (χ3n) is 1.81. The van der Waals surface area contributed by atoms with Gasteiger partial charge in [-0.05, 0) is 27.0 Å². The maximum absolute atomic E-state index is 11.1. The van der Waals surface area contributed by atoms with Gasteiger partial charge in [0.1, 0.15) is 5.60 Å². The average molecular weight is 324 g/mol. The number of ether oxygens (including phenoxy) is 1. The fourth-order valence-corrected chi connectivity index (χ4v) is 1.12. The van der Waals surface area contributed by atoms with E-state index >= 15 is 0 Å². The standard InChI is InChI=1S/C11H15N2O2.C5H.Fe/c1-11(2,3)15-10(14)13-12-8-9-6-4-5-7-9;1-2-4-5-3-1;/h4-8H,1-3H3,(H,13,14);1H;/q-1;-5;. The second-order valence-corrected chi connectivity index (χ2v) is 4.77. The predicted octanol–water partition coefficient (Wildman–Crippen LogP) is 2.87. The first kappa shape index (κ1) is 19.2. The topological polar surface area (TPSA) is 50.7 Å². The van der Waals surface area contributed by atoms with Gasteiger partial charge in [-0.2, -0.15) is 17.2 Å². The molecule has 4 nitrogen and oxygen atoms in total. The normalized spacial score (nSPS) is 10.2. The summed E-state index contributed by atoms with van der Waals surface area (Å²) in [6, 6.07) is 19.6. The van der Waals surface area contributed by atoms with Gasteiger partial charge in [-0.1, -0.05) is 0 Å². The Morgan fingerprint density at radius 1 is 1.29 bits per heavy atom. The van der Waals surface area contributed by atoms with E-state index in [0.717, 1.165) is 5.56 Å². The van der Waals surface area contributed by atoms with Crippen LogP contribution in [0.4, 0.5) is 4.79 Å².